The smallest absolute Gasteiger partial charge is 0.242 e. The SMILES string of the molecule is CCC(CC)N(CCO)C(=O)CNC(C)=O. The van der Waals surface area contributed by atoms with E-state index in [1.54, 1.807) is 4.90 Å². The fraction of sp³-hybridized carbons (Fsp3) is 0.818. The maximum Gasteiger partial charge on any atom is 0.242 e. The third-order valence-corrected chi connectivity index (χ3v) is 2.53. The highest BCUT2D eigenvalue weighted by Gasteiger charge is 2.20. The predicted octanol–water partition coefficient (Wildman–Crippen LogP) is 0.132. The van der Waals surface area contributed by atoms with E-state index in [0.717, 1.165) is 12.8 Å². The van der Waals surface area contributed by atoms with Crippen LogP contribution < -0.4 is 5.32 Å². The Balaban J connectivity index is 4.38. The molecule has 0 bridgehead atoms. The standard InChI is InChI=1S/C11H22N2O3/c1-4-10(5-2)13(6-7-14)11(16)8-12-9(3)15/h10,14H,4-8H2,1-3H3,(H,12,15). The second-order valence-electron chi connectivity index (χ2n) is 3.69. The minimum absolute atomic E-state index is 0.00579. The zero-order valence-corrected chi connectivity index (χ0v) is 10.3. The second-order valence-corrected chi connectivity index (χ2v) is 3.69. The van der Waals surface area contributed by atoms with Gasteiger partial charge in [-0.2, -0.15) is 0 Å². The van der Waals surface area contributed by atoms with Crippen LogP contribution in [0.5, 0.6) is 0 Å². The van der Waals surface area contributed by atoms with Crippen LogP contribution in [0.3, 0.4) is 0 Å². The number of carbonyl (C=O) groups excluding carboxylic acids is 2. The van der Waals surface area contributed by atoms with E-state index >= 15 is 0 Å². The minimum Gasteiger partial charge on any atom is -0.395 e. The molecule has 0 spiro atoms. The summed E-state index contributed by atoms with van der Waals surface area (Å²) in [6.07, 6.45) is 1.70. The lowest BCUT2D eigenvalue weighted by molar-refractivity contribution is -0.135. The Morgan fingerprint density at radius 1 is 1.31 bits per heavy atom. The van der Waals surface area contributed by atoms with E-state index in [2.05, 4.69) is 5.32 Å². The van der Waals surface area contributed by atoms with E-state index < -0.39 is 0 Å². The van der Waals surface area contributed by atoms with E-state index in [4.69, 9.17) is 5.11 Å². The zero-order valence-electron chi connectivity index (χ0n) is 10.3. The van der Waals surface area contributed by atoms with Crippen molar-refractivity contribution in [3.63, 3.8) is 0 Å². The highest BCUT2D eigenvalue weighted by molar-refractivity contribution is 5.83. The summed E-state index contributed by atoms with van der Waals surface area (Å²) >= 11 is 0. The molecule has 0 aromatic rings. The summed E-state index contributed by atoms with van der Waals surface area (Å²) in [5, 5.41) is 11.4. The summed E-state index contributed by atoms with van der Waals surface area (Å²) < 4.78 is 0. The largest absolute Gasteiger partial charge is 0.395 e. The van der Waals surface area contributed by atoms with Gasteiger partial charge in [0, 0.05) is 19.5 Å². The van der Waals surface area contributed by atoms with Gasteiger partial charge in [0.1, 0.15) is 0 Å². The molecule has 0 saturated heterocycles. The molecule has 0 aromatic heterocycles. The highest BCUT2D eigenvalue weighted by Crippen LogP contribution is 2.08. The molecular weight excluding hydrogens is 208 g/mol. The lowest BCUT2D eigenvalue weighted by Gasteiger charge is -2.30. The number of amides is 2. The van der Waals surface area contributed by atoms with Crippen LogP contribution in [0.15, 0.2) is 0 Å². The molecule has 0 aliphatic heterocycles. The average Bonchev–Trinajstić information content (AvgIpc) is 2.26. The van der Waals surface area contributed by atoms with Gasteiger partial charge in [0.25, 0.3) is 0 Å². The maximum absolute atomic E-state index is 11.8. The van der Waals surface area contributed by atoms with Crippen LogP contribution >= 0.6 is 0 Å². The van der Waals surface area contributed by atoms with Crippen molar-refractivity contribution < 1.29 is 14.7 Å². The Morgan fingerprint density at radius 3 is 2.25 bits per heavy atom. The number of rotatable bonds is 7. The van der Waals surface area contributed by atoms with Gasteiger partial charge in [-0.3, -0.25) is 9.59 Å². The van der Waals surface area contributed by atoms with E-state index in [9.17, 15) is 9.59 Å². The quantitative estimate of drug-likeness (QED) is 0.653. The van der Waals surface area contributed by atoms with Crippen molar-refractivity contribution in [1.82, 2.24) is 10.2 Å². The van der Waals surface area contributed by atoms with Gasteiger partial charge in [0.15, 0.2) is 0 Å². The summed E-state index contributed by atoms with van der Waals surface area (Å²) in [5.41, 5.74) is 0. The summed E-state index contributed by atoms with van der Waals surface area (Å²) in [6, 6.07) is 0.133. The molecule has 94 valence electrons. The van der Waals surface area contributed by atoms with Crippen LogP contribution in [0.2, 0.25) is 0 Å². The summed E-state index contributed by atoms with van der Waals surface area (Å²) in [4.78, 5) is 24.1. The minimum atomic E-state index is -0.221. The van der Waals surface area contributed by atoms with Crippen molar-refractivity contribution >= 4 is 11.8 Å². The Hall–Kier alpha value is -1.10. The van der Waals surface area contributed by atoms with Crippen LogP contribution in [-0.2, 0) is 9.59 Å². The first-order valence-corrected chi connectivity index (χ1v) is 5.71. The van der Waals surface area contributed by atoms with Gasteiger partial charge in [-0.05, 0) is 12.8 Å². The molecule has 0 aliphatic carbocycles. The van der Waals surface area contributed by atoms with Crippen LogP contribution in [0, 0.1) is 0 Å². The molecule has 0 aromatic carbocycles. The normalized spacial score (nSPS) is 10.3. The molecule has 0 radical (unpaired) electrons. The summed E-state index contributed by atoms with van der Waals surface area (Å²) in [5.74, 6) is -0.361. The van der Waals surface area contributed by atoms with Gasteiger partial charge in [-0.25, -0.2) is 0 Å². The summed E-state index contributed by atoms with van der Waals surface area (Å²) in [6.45, 7) is 5.66. The molecular formula is C11H22N2O3. The Morgan fingerprint density at radius 2 is 1.88 bits per heavy atom. The molecule has 0 aliphatic rings. The molecule has 0 saturated carbocycles. The number of hydrogen-bond donors (Lipinski definition) is 2. The van der Waals surface area contributed by atoms with Crippen molar-refractivity contribution in [2.45, 2.75) is 39.7 Å². The highest BCUT2D eigenvalue weighted by atomic mass is 16.3. The van der Waals surface area contributed by atoms with Crippen LogP contribution in [-0.4, -0.2) is 47.6 Å². The van der Waals surface area contributed by atoms with Crippen molar-refractivity contribution in [2.75, 3.05) is 19.7 Å². The van der Waals surface area contributed by atoms with Crippen LogP contribution in [0.4, 0.5) is 0 Å². The third-order valence-electron chi connectivity index (χ3n) is 2.53. The topological polar surface area (TPSA) is 69.6 Å². The van der Waals surface area contributed by atoms with Gasteiger partial charge in [0.2, 0.25) is 11.8 Å². The molecule has 0 heterocycles. The van der Waals surface area contributed by atoms with Crippen molar-refractivity contribution in [3.05, 3.63) is 0 Å². The molecule has 0 atom stereocenters. The van der Waals surface area contributed by atoms with E-state index in [-0.39, 0.29) is 31.0 Å². The van der Waals surface area contributed by atoms with Gasteiger partial charge >= 0.3 is 0 Å². The predicted molar refractivity (Wildman–Crippen MR) is 61.9 cm³/mol. The second kappa shape index (κ2) is 8.10. The number of aliphatic hydroxyl groups is 1. The number of hydrogen-bond acceptors (Lipinski definition) is 3. The van der Waals surface area contributed by atoms with Crippen LogP contribution in [0.1, 0.15) is 33.6 Å². The zero-order chi connectivity index (χ0) is 12.6. The number of nitrogens with zero attached hydrogens (tertiary/aromatic N) is 1. The van der Waals surface area contributed by atoms with Crippen LogP contribution in [0.25, 0.3) is 0 Å². The van der Waals surface area contributed by atoms with Gasteiger partial charge in [-0.15, -0.1) is 0 Å². The fourth-order valence-electron chi connectivity index (χ4n) is 1.65. The lowest BCUT2D eigenvalue weighted by Crippen LogP contribution is -2.46. The Labute approximate surface area is 96.8 Å². The molecule has 2 N–H and O–H groups in total. The first kappa shape index (κ1) is 14.9. The van der Waals surface area contributed by atoms with E-state index in [1.807, 2.05) is 13.8 Å². The molecule has 2 amide bonds. The fourth-order valence-corrected chi connectivity index (χ4v) is 1.65. The number of aliphatic hydroxyl groups excluding tert-OH is 1. The Bertz CT molecular complexity index is 227. The average molecular weight is 230 g/mol. The Kier molecular flexibility index (Phi) is 7.54. The van der Waals surface area contributed by atoms with Crippen molar-refractivity contribution in [3.8, 4) is 0 Å². The molecule has 5 heteroatoms. The summed E-state index contributed by atoms with van der Waals surface area (Å²) in [7, 11) is 0. The van der Waals surface area contributed by atoms with E-state index in [0.29, 0.717) is 6.54 Å². The molecule has 0 rings (SSSR count). The van der Waals surface area contributed by atoms with Gasteiger partial charge in [-0.1, -0.05) is 13.8 Å². The van der Waals surface area contributed by atoms with Gasteiger partial charge in [0.05, 0.1) is 13.2 Å². The number of carbonyl (C=O) groups is 2. The van der Waals surface area contributed by atoms with Crippen molar-refractivity contribution in [2.24, 2.45) is 0 Å². The first-order valence-electron chi connectivity index (χ1n) is 5.71. The van der Waals surface area contributed by atoms with Crippen molar-refractivity contribution in [1.29, 1.82) is 0 Å². The van der Waals surface area contributed by atoms with Gasteiger partial charge < -0.3 is 15.3 Å². The monoisotopic (exact) mass is 230 g/mol. The maximum atomic E-state index is 11.8. The van der Waals surface area contributed by atoms with E-state index in [1.165, 1.54) is 6.92 Å². The molecule has 0 unspecified atom stereocenters. The first-order chi connectivity index (χ1) is 7.56. The third kappa shape index (κ3) is 5.11. The molecule has 0 fully saturated rings. The number of nitrogens with one attached hydrogen (secondary N) is 1. The molecule has 5 nitrogen and oxygen atoms in total. The molecule has 16 heavy (non-hydrogen) atoms. The lowest BCUT2D eigenvalue weighted by atomic mass is 10.1.